The van der Waals surface area contributed by atoms with Crippen molar-refractivity contribution in [2.45, 2.75) is 70.4 Å². The number of nitrogens with one attached hydrogen (secondary N) is 2. The summed E-state index contributed by atoms with van der Waals surface area (Å²) < 4.78 is 5.45. The van der Waals surface area contributed by atoms with Crippen molar-refractivity contribution in [3.8, 4) is 0 Å². The Morgan fingerprint density at radius 2 is 1.79 bits per heavy atom. The molecular weight excluding hydrogens is 492 g/mol. The van der Waals surface area contributed by atoms with E-state index in [1.165, 1.54) is 5.56 Å². The van der Waals surface area contributed by atoms with E-state index in [1.807, 2.05) is 13.1 Å². The third-order valence-electron chi connectivity index (χ3n) is 8.55. The van der Waals surface area contributed by atoms with Crippen molar-refractivity contribution in [3.05, 3.63) is 48.3 Å². The quantitative estimate of drug-likeness (QED) is 0.374. The third-order valence-corrected chi connectivity index (χ3v) is 8.55. The largest absolute Gasteiger partial charge is 0.388 e. The van der Waals surface area contributed by atoms with Crippen molar-refractivity contribution in [1.82, 2.24) is 20.6 Å². The Bertz CT molecular complexity index is 1050. The summed E-state index contributed by atoms with van der Waals surface area (Å²) in [6, 6.07) is 10.4. The Balaban J connectivity index is 1.50. The Morgan fingerprint density at radius 1 is 1.13 bits per heavy atom. The molecule has 2 amide bonds. The summed E-state index contributed by atoms with van der Waals surface area (Å²) in [4.78, 5) is 26.6. The fraction of sp³-hybridized carbons (Fsp3) is 0.633. The van der Waals surface area contributed by atoms with Crippen LogP contribution in [0, 0.1) is 5.41 Å². The van der Waals surface area contributed by atoms with Gasteiger partial charge in [-0.05, 0) is 56.6 Å². The molecule has 0 bridgehead atoms. The predicted octanol–water partition coefficient (Wildman–Crippen LogP) is 4.08. The molecule has 1 aliphatic carbocycles. The number of benzene rings is 1. The fourth-order valence-electron chi connectivity index (χ4n) is 5.55. The molecular formula is C30H46N6O3. The van der Waals surface area contributed by atoms with Gasteiger partial charge in [0.1, 0.15) is 0 Å². The second-order valence-electron chi connectivity index (χ2n) is 11.9. The smallest absolute Gasteiger partial charge is 0.322 e. The van der Waals surface area contributed by atoms with Crippen LogP contribution in [0.15, 0.2) is 42.7 Å². The van der Waals surface area contributed by atoms with Crippen LogP contribution in [-0.4, -0.2) is 73.1 Å². The zero-order valence-electron chi connectivity index (χ0n) is 24.1. The predicted molar refractivity (Wildman–Crippen MR) is 155 cm³/mol. The minimum Gasteiger partial charge on any atom is -0.388 e. The molecule has 3 N–H and O–H groups in total. The number of ether oxygens (including phenoxy) is 1. The Kier molecular flexibility index (Phi) is 9.46. The molecule has 214 valence electrons. The summed E-state index contributed by atoms with van der Waals surface area (Å²) in [5.74, 6) is 0.648. The lowest BCUT2D eigenvalue weighted by Crippen LogP contribution is -2.52. The molecule has 1 saturated carbocycles. The van der Waals surface area contributed by atoms with E-state index >= 15 is 0 Å². The molecule has 1 aliphatic heterocycles. The lowest BCUT2D eigenvalue weighted by Gasteiger charge is -2.39. The maximum atomic E-state index is 13.5. The van der Waals surface area contributed by atoms with Gasteiger partial charge in [-0.25, -0.2) is 14.8 Å². The summed E-state index contributed by atoms with van der Waals surface area (Å²) in [6.45, 7) is 10.2. The van der Waals surface area contributed by atoms with Crippen molar-refractivity contribution in [3.63, 3.8) is 0 Å². The van der Waals surface area contributed by atoms with Crippen LogP contribution in [0.2, 0.25) is 0 Å². The van der Waals surface area contributed by atoms with Gasteiger partial charge in [-0.1, -0.05) is 51.1 Å². The van der Waals surface area contributed by atoms with Gasteiger partial charge in [0.25, 0.3) is 0 Å². The highest BCUT2D eigenvalue weighted by atomic mass is 16.5. The molecule has 39 heavy (non-hydrogen) atoms. The summed E-state index contributed by atoms with van der Waals surface area (Å²) in [5.41, 5.74) is 0.802. The number of nitrogens with zero attached hydrogens (tertiary/aromatic N) is 4. The van der Waals surface area contributed by atoms with Crippen molar-refractivity contribution in [2.75, 3.05) is 56.2 Å². The molecule has 9 nitrogen and oxygen atoms in total. The second kappa shape index (κ2) is 12.6. The summed E-state index contributed by atoms with van der Waals surface area (Å²) in [5, 5.41) is 17.2. The van der Waals surface area contributed by atoms with Crippen molar-refractivity contribution in [2.24, 2.45) is 5.41 Å². The number of hydrogen-bond acceptors (Lipinski definition) is 7. The van der Waals surface area contributed by atoms with Gasteiger partial charge >= 0.3 is 6.03 Å². The van der Waals surface area contributed by atoms with Crippen molar-refractivity contribution < 1.29 is 14.6 Å². The molecule has 9 heteroatoms. The van der Waals surface area contributed by atoms with E-state index in [-0.39, 0.29) is 23.5 Å². The van der Waals surface area contributed by atoms with Crippen LogP contribution in [0.3, 0.4) is 0 Å². The molecule has 1 saturated heterocycles. The van der Waals surface area contributed by atoms with Crippen molar-refractivity contribution in [1.29, 1.82) is 0 Å². The Morgan fingerprint density at radius 3 is 2.36 bits per heavy atom. The maximum Gasteiger partial charge on any atom is 0.322 e. The van der Waals surface area contributed by atoms with Crippen LogP contribution >= 0.6 is 0 Å². The van der Waals surface area contributed by atoms with Gasteiger partial charge in [0.15, 0.2) is 0 Å². The third kappa shape index (κ3) is 7.26. The number of urea groups is 1. The number of aromatic nitrogens is 2. The van der Waals surface area contributed by atoms with Gasteiger partial charge in [0.05, 0.1) is 36.9 Å². The zero-order valence-corrected chi connectivity index (χ0v) is 24.1. The molecule has 0 radical (unpaired) electrons. The van der Waals surface area contributed by atoms with Crippen LogP contribution in [0.5, 0.6) is 0 Å². The van der Waals surface area contributed by atoms with Crippen LogP contribution in [-0.2, 0) is 10.3 Å². The maximum absolute atomic E-state index is 13.5. The van der Waals surface area contributed by atoms with Gasteiger partial charge in [-0.2, -0.15) is 0 Å². The van der Waals surface area contributed by atoms with E-state index < -0.39 is 5.60 Å². The molecule has 1 aromatic heterocycles. The molecule has 1 aromatic carbocycles. The lowest BCUT2D eigenvalue weighted by molar-refractivity contribution is -0.0288. The van der Waals surface area contributed by atoms with Crippen LogP contribution < -0.4 is 20.4 Å². The molecule has 0 spiro atoms. The van der Waals surface area contributed by atoms with Gasteiger partial charge in [-0.15, -0.1) is 0 Å². The summed E-state index contributed by atoms with van der Waals surface area (Å²) in [7, 11) is 2.03. The number of morpholine rings is 1. The van der Waals surface area contributed by atoms with Crippen LogP contribution in [0.1, 0.15) is 64.9 Å². The highest BCUT2D eigenvalue weighted by Gasteiger charge is 2.36. The monoisotopic (exact) mass is 538 g/mol. The second-order valence-corrected chi connectivity index (χ2v) is 11.9. The van der Waals surface area contributed by atoms with E-state index in [9.17, 15) is 9.90 Å². The Labute approximate surface area is 233 Å². The highest BCUT2D eigenvalue weighted by Crippen LogP contribution is 2.36. The molecule has 0 unspecified atom stereocenters. The van der Waals surface area contributed by atoms with Gasteiger partial charge in [-0.3, -0.25) is 4.90 Å². The minimum atomic E-state index is -0.795. The van der Waals surface area contributed by atoms with Gasteiger partial charge in [0.2, 0.25) is 5.95 Å². The van der Waals surface area contributed by atoms with Gasteiger partial charge < -0.3 is 25.4 Å². The van der Waals surface area contributed by atoms with Gasteiger partial charge in [0, 0.05) is 31.7 Å². The summed E-state index contributed by atoms with van der Waals surface area (Å²) in [6.07, 6.45) is 8.70. The van der Waals surface area contributed by atoms with Crippen molar-refractivity contribution >= 4 is 17.7 Å². The topological polar surface area (TPSA) is 103 Å². The summed E-state index contributed by atoms with van der Waals surface area (Å²) >= 11 is 0. The first-order valence-corrected chi connectivity index (χ1v) is 14.4. The first-order chi connectivity index (χ1) is 18.7. The average molecular weight is 539 g/mol. The number of rotatable bonds is 12. The molecule has 1 atom stereocenters. The SMILES string of the molecule is CC[C@@](CCC(C)(C)CN(C(=O)NCC1(O)CCC1)c1cnc(N2CCOCC2)nc1)(NC)c1ccccc1. The zero-order chi connectivity index (χ0) is 27.9. The van der Waals surface area contributed by atoms with E-state index in [4.69, 9.17) is 4.74 Å². The average Bonchev–Trinajstić information content (AvgIpc) is 2.95. The first-order valence-electron chi connectivity index (χ1n) is 14.4. The Hall–Kier alpha value is -2.75. The van der Waals surface area contributed by atoms with E-state index in [1.54, 1.807) is 17.3 Å². The first kappa shape index (κ1) is 29.2. The molecule has 4 rings (SSSR count). The molecule has 2 aromatic rings. The normalized spacial score (nSPS) is 18.6. The van der Waals surface area contributed by atoms with E-state index in [2.05, 4.69) is 70.5 Å². The number of amides is 2. The number of aliphatic hydroxyl groups is 1. The number of hydrogen-bond donors (Lipinski definition) is 3. The minimum absolute atomic E-state index is 0.137. The van der Waals surface area contributed by atoms with E-state index in [0.29, 0.717) is 31.4 Å². The number of anilines is 2. The molecule has 2 heterocycles. The fourth-order valence-corrected chi connectivity index (χ4v) is 5.55. The molecule has 2 aliphatic rings. The highest BCUT2D eigenvalue weighted by molar-refractivity contribution is 5.91. The standard InChI is InChI=1S/C30H46N6O3/c1-5-30(31-4,24-10-7-6-8-11-24)15-14-28(2,3)23-36(27(37)34-22-29(38)12-9-13-29)25-20-32-26(33-21-25)35-16-18-39-19-17-35/h6-8,10-11,20-21,31,38H,5,9,12-19,22-23H2,1-4H3,(H,34,37)/t30-/m0/s1. The number of carbonyl (C=O) groups excluding carboxylic acids is 1. The molecule has 2 fully saturated rings. The number of carbonyl (C=O) groups is 1. The van der Waals surface area contributed by atoms with Crippen LogP contribution in [0.25, 0.3) is 0 Å². The van der Waals surface area contributed by atoms with Crippen LogP contribution in [0.4, 0.5) is 16.4 Å². The van der Waals surface area contributed by atoms with E-state index in [0.717, 1.165) is 51.6 Å². The lowest BCUT2D eigenvalue weighted by atomic mass is 9.77.